The van der Waals surface area contributed by atoms with E-state index < -0.39 is 5.92 Å². The van der Waals surface area contributed by atoms with E-state index in [1.54, 1.807) is 9.58 Å². The van der Waals surface area contributed by atoms with Gasteiger partial charge in [-0.05, 0) is 72.8 Å². The van der Waals surface area contributed by atoms with Crippen LogP contribution >= 0.6 is 0 Å². The lowest BCUT2D eigenvalue weighted by atomic mass is 10.1. The van der Waals surface area contributed by atoms with Crippen LogP contribution in [0, 0.1) is 5.92 Å². The molecule has 10 nitrogen and oxygen atoms in total. The molecule has 0 saturated carbocycles. The maximum Gasteiger partial charge on any atom is 0.227 e. The van der Waals surface area contributed by atoms with Crippen molar-refractivity contribution in [2.24, 2.45) is 5.92 Å². The summed E-state index contributed by atoms with van der Waals surface area (Å²) in [6.07, 6.45) is 0.156. The minimum atomic E-state index is -0.445. The van der Waals surface area contributed by atoms with E-state index in [1.165, 1.54) is 0 Å². The maximum atomic E-state index is 12.8. The molecule has 1 aliphatic rings. The van der Waals surface area contributed by atoms with Gasteiger partial charge in [-0.25, -0.2) is 0 Å². The van der Waals surface area contributed by atoms with Crippen LogP contribution in [0.25, 0.3) is 5.69 Å². The Hall–Kier alpha value is -3.95. The summed E-state index contributed by atoms with van der Waals surface area (Å²) in [7, 11) is 0. The fourth-order valence-electron chi connectivity index (χ4n) is 3.70. The molecule has 1 saturated heterocycles. The maximum absolute atomic E-state index is 12.8. The molecule has 0 unspecified atom stereocenters. The highest BCUT2D eigenvalue weighted by molar-refractivity contribution is 6.00. The van der Waals surface area contributed by atoms with E-state index in [1.807, 2.05) is 62.4 Å². The van der Waals surface area contributed by atoms with Crippen LogP contribution in [-0.2, 0) is 16.1 Å². The number of aromatic nitrogens is 4. The zero-order chi connectivity index (χ0) is 23.2. The number of nitrogens with one attached hydrogen (secondary N) is 1. The predicted octanol–water partition coefficient (Wildman–Crippen LogP) is 2.13. The summed E-state index contributed by atoms with van der Waals surface area (Å²) in [6, 6.07) is 14.7. The summed E-state index contributed by atoms with van der Waals surface area (Å²) in [6.45, 7) is 5.46. The van der Waals surface area contributed by atoms with Crippen molar-refractivity contribution in [2.75, 3.05) is 24.7 Å². The Morgan fingerprint density at radius 1 is 1.00 bits per heavy atom. The van der Waals surface area contributed by atoms with E-state index in [2.05, 4.69) is 20.8 Å². The first-order chi connectivity index (χ1) is 16.1. The molecule has 3 aromatic rings. The number of carbonyl (C=O) groups excluding carboxylic acids is 2. The topological polar surface area (TPSA) is 111 Å². The van der Waals surface area contributed by atoms with Crippen molar-refractivity contribution < 1.29 is 19.1 Å². The number of hydrogen-bond donors (Lipinski definition) is 1. The first kappa shape index (κ1) is 22.3. The van der Waals surface area contributed by atoms with Gasteiger partial charge >= 0.3 is 0 Å². The monoisotopic (exact) mass is 450 g/mol. The normalized spacial score (nSPS) is 15.5. The molecule has 2 aromatic carbocycles. The molecule has 0 spiro atoms. The van der Waals surface area contributed by atoms with Gasteiger partial charge in [-0.1, -0.05) is 0 Å². The number of benzene rings is 2. The largest absolute Gasteiger partial charge is 0.494 e. The van der Waals surface area contributed by atoms with Gasteiger partial charge in [0.15, 0.2) is 5.82 Å². The third-order valence-corrected chi connectivity index (χ3v) is 5.30. The fourth-order valence-corrected chi connectivity index (χ4v) is 3.70. The van der Waals surface area contributed by atoms with Crippen LogP contribution in [-0.4, -0.2) is 51.8 Å². The molecule has 1 aromatic heterocycles. The lowest BCUT2D eigenvalue weighted by molar-refractivity contribution is -0.126. The molecule has 0 bridgehead atoms. The molecule has 1 N–H and O–H groups in total. The average molecular weight is 450 g/mol. The van der Waals surface area contributed by atoms with Gasteiger partial charge in [0.2, 0.25) is 11.8 Å². The zero-order valence-electron chi connectivity index (χ0n) is 18.6. The minimum Gasteiger partial charge on any atom is -0.494 e. The second kappa shape index (κ2) is 10.1. The number of nitrogens with zero attached hydrogens (tertiary/aromatic N) is 5. The van der Waals surface area contributed by atoms with Gasteiger partial charge in [0.05, 0.1) is 31.4 Å². The molecule has 1 aliphatic heterocycles. The summed E-state index contributed by atoms with van der Waals surface area (Å²) in [4.78, 5) is 26.9. The standard InChI is InChI=1S/C23H26N6O4/c1-3-32-19-9-5-17(6-10-19)28-15-16(13-22(28)30)23(31)24-14-21-25-26-27-29(21)18-7-11-20(12-8-18)33-4-2/h5-12,16H,3-4,13-15H2,1-2H3,(H,24,31)/t16-/m0/s1. The smallest absolute Gasteiger partial charge is 0.227 e. The highest BCUT2D eigenvalue weighted by atomic mass is 16.5. The van der Waals surface area contributed by atoms with Crippen molar-refractivity contribution in [1.82, 2.24) is 25.5 Å². The lowest BCUT2D eigenvalue weighted by Gasteiger charge is -2.17. The second-order valence-corrected chi connectivity index (χ2v) is 7.48. The van der Waals surface area contributed by atoms with Crippen molar-refractivity contribution in [3.05, 3.63) is 54.4 Å². The van der Waals surface area contributed by atoms with E-state index in [9.17, 15) is 9.59 Å². The summed E-state index contributed by atoms with van der Waals surface area (Å²) >= 11 is 0. The number of tetrazole rings is 1. The second-order valence-electron chi connectivity index (χ2n) is 7.48. The summed E-state index contributed by atoms with van der Waals surface area (Å²) < 4.78 is 12.5. The van der Waals surface area contributed by atoms with Gasteiger partial charge in [0.1, 0.15) is 11.5 Å². The molecule has 0 radical (unpaired) electrons. The SMILES string of the molecule is CCOc1ccc(N2C[C@@H](C(=O)NCc3nnnn3-c3ccc(OCC)cc3)CC2=O)cc1. The van der Waals surface area contributed by atoms with Crippen molar-refractivity contribution in [1.29, 1.82) is 0 Å². The van der Waals surface area contributed by atoms with Gasteiger partial charge in [0.25, 0.3) is 0 Å². The molecule has 172 valence electrons. The highest BCUT2D eigenvalue weighted by Gasteiger charge is 2.35. The Kier molecular flexibility index (Phi) is 6.82. The first-order valence-corrected chi connectivity index (χ1v) is 10.9. The Morgan fingerprint density at radius 3 is 2.21 bits per heavy atom. The van der Waals surface area contributed by atoms with Crippen molar-refractivity contribution in [3.8, 4) is 17.2 Å². The third kappa shape index (κ3) is 5.11. The molecule has 10 heteroatoms. The van der Waals surface area contributed by atoms with Gasteiger partial charge in [-0.2, -0.15) is 4.68 Å². The van der Waals surface area contributed by atoms with Crippen LogP contribution in [0.4, 0.5) is 5.69 Å². The molecule has 1 fully saturated rings. The number of anilines is 1. The van der Waals surface area contributed by atoms with Crippen molar-refractivity contribution in [3.63, 3.8) is 0 Å². The predicted molar refractivity (Wildman–Crippen MR) is 120 cm³/mol. The number of hydrogen-bond acceptors (Lipinski definition) is 7. The highest BCUT2D eigenvalue weighted by Crippen LogP contribution is 2.27. The average Bonchev–Trinajstić information content (AvgIpc) is 3.46. The number of rotatable bonds is 9. The van der Waals surface area contributed by atoms with Crippen LogP contribution in [0.2, 0.25) is 0 Å². The number of ether oxygens (including phenoxy) is 2. The van der Waals surface area contributed by atoms with Gasteiger partial charge in [-0.3, -0.25) is 9.59 Å². The molecule has 0 aliphatic carbocycles. The van der Waals surface area contributed by atoms with Crippen LogP contribution in [0.3, 0.4) is 0 Å². The molecule has 4 rings (SSSR count). The van der Waals surface area contributed by atoms with E-state index in [-0.39, 0.29) is 24.8 Å². The van der Waals surface area contributed by atoms with E-state index in [0.717, 1.165) is 22.9 Å². The molecular weight excluding hydrogens is 424 g/mol. The van der Waals surface area contributed by atoms with Crippen LogP contribution in [0.5, 0.6) is 11.5 Å². The van der Waals surface area contributed by atoms with E-state index in [4.69, 9.17) is 9.47 Å². The zero-order valence-corrected chi connectivity index (χ0v) is 18.6. The van der Waals surface area contributed by atoms with Crippen LogP contribution < -0.4 is 19.7 Å². The fraction of sp³-hybridized carbons (Fsp3) is 0.348. The molecular formula is C23H26N6O4. The van der Waals surface area contributed by atoms with E-state index in [0.29, 0.717) is 25.6 Å². The van der Waals surface area contributed by atoms with Crippen LogP contribution in [0.1, 0.15) is 26.1 Å². The summed E-state index contributed by atoms with van der Waals surface area (Å²) in [5.74, 6) is 1.25. The molecule has 2 amide bonds. The molecule has 33 heavy (non-hydrogen) atoms. The Bertz CT molecular complexity index is 1100. The van der Waals surface area contributed by atoms with Crippen molar-refractivity contribution >= 4 is 17.5 Å². The first-order valence-electron chi connectivity index (χ1n) is 10.9. The quantitative estimate of drug-likeness (QED) is 0.532. The number of carbonyl (C=O) groups is 2. The van der Waals surface area contributed by atoms with E-state index >= 15 is 0 Å². The summed E-state index contributed by atoms with van der Waals surface area (Å²) in [5.41, 5.74) is 1.50. The summed E-state index contributed by atoms with van der Waals surface area (Å²) in [5, 5.41) is 14.6. The molecule has 2 heterocycles. The Balaban J connectivity index is 1.36. The van der Waals surface area contributed by atoms with Gasteiger partial charge in [-0.15, -0.1) is 5.10 Å². The van der Waals surface area contributed by atoms with Crippen molar-refractivity contribution in [2.45, 2.75) is 26.8 Å². The van der Waals surface area contributed by atoms with Gasteiger partial charge < -0.3 is 19.7 Å². The number of amides is 2. The lowest BCUT2D eigenvalue weighted by Crippen LogP contribution is -2.33. The van der Waals surface area contributed by atoms with Crippen LogP contribution in [0.15, 0.2) is 48.5 Å². The Morgan fingerprint density at radius 2 is 1.61 bits per heavy atom. The van der Waals surface area contributed by atoms with Gasteiger partial charge in [0, 0.05) is 18.7 Å². The third-order valence-electron chi connectivity index (χ3n) is 5.30. The molecule has 1 atom stereocenters. The Labute approximate surface area is 191 Å². The minimum absolute atomic E-state index is 0.0847.